The van der Waals surface area contributed by atoms with E-state index < -0.39 is 71.2 Å². The third-order valence-corrected chi connectivity index (χ3v) is 4.57. The largest absolute Gasteiger partial charge is 0.460 e. The van der Waals surface area contributed by atoms with Crippen molar-refractivity contribution in [2.45, 2.75) is 65.4 Å². The summed E-state index contributed by atoms with van der Waals surface area (Å²) in [6, 6.07) is 0. The molecule has 218 valence electrons. The second-order valence-corrected chi connectivity index (χ2v) is 6.85. The number of thiol groups is 1. The lowest BCUT2D eigenvalue weighted by Crippen LogP contribution is -2.77. The first-order valence-corrected chi connectivity index (χ1v) is 8.15. The Bertz CT molecular complexity index is 802. The van der Waals surface area contributed by atoms with Gasteiger partial charge in [-0.2, -0.15) is 114 Å². The molecule has 0 aromatic heterocycles. The van der Waals surface area contributed by atoms with Crippen molar-refractivity contribution in [3.63, 3.8) is 0 Å². The molecule has 0 N–H and O–H groups in total. The Kier molecular flexibility index (Phi) is 8.08. The summed E-state index contributed by atoms with van der Waals surface area (Å²) >= 11 is 2.21. The van der Waals surface area contributed by atoms with Crippen LogP contribution in [0.2, 0.25) is 0 Å². The Labute approximate surface area is 186 Å². The normalized spacial score (nSPS) is 17.0. The van der Waals surface area contributed by atoms with Gasteiger partial charge in [-0.1, -0.05) is 0 Å². The Hall–Kier alpha value is -1.26. The summed E-state index contributed by atoms with van der Waals surface area (Å²) in [4.78, 5) is 0. The molecular weight excluding hydrogens is 613 g/mol. The van der Waals surface area contributed by atoms with Crippen molar-refractivity contribution in [3.8, 4) is 0 Å². The number of halogens is 23. The van der Waals surface area contributed by atoms with E-state index in [4.69, 9.17) is 0 Å². The first-order valence-electron chi connectivity index (χ1n) is 7.52. The summed E-state index contributed by atoms with van der Waals surface area (Å²) in [5.74, 6) is -90.2. The van der Waals surface area contributed by atoms with Crippen LogP contribution in [0.4, 0.5) is 101 Å². The second-order valence-electron chi connectivity index (χ2n) is 6.53. The van der Waals surface area contributed by atoms with Gasteiger partial charge in [-0.15, -0.1) is 0 Å². The van der Waals surface area contributed by atoms with Crippen molar-refractivity contribution in [3.05, 3.63) is 0 Å². The first kappa shape index (κ1) is 34.7. The highest BCUT2D eigenvalue weighted by Crippen LogP contribution is 2.67. The SMILES string of the molecule is FC(F)(F)C(F)(F)C(F)(F)C(F)(F)C(F)(F)C(F)(F)C(F)(F)C(F)(F)C(F)(F)C(F)(F)C(F)(F)CS. The lowest BCUT2D eigenvalue weighted by molar-refractivity contribution is -0.478. The van der Waals surface area contributed by atoms with Gasteiger partial charge in [-0.3, -0.25) is 0 Å². The zero-order valence-electron chi connectivity index (χ0n) is 15.3. The van der Waals surface area contributed by atoms with E-state index in [1.807, 2.05) is 0 Å². The number of alkyl halides is 23. The fourth-order valence-electron chi connectivity index (χ4n) is 1.89. The van der Waals surface area contributed by atoms with Crippen LogP contribution in [0.3, 0.4) is 0 Å². The average molecular weight is 616 g/mol. The fraction of sp³-hybridized carbons (Fsp3) is 1.00. The lowest BCUT2D eigenvalue weighted by atomic mass is 9.85. The highest BCUT2D eigenvalue weighted by atomic mass is 32.1. The van der Waals surface area contributed by atoms with Crippen molar-refractivity contribution in [2.75, 3.05) is 5.75 Å². The van der Waals surface area contributed by atoms with Gasteiger partial charge in [0.15, 0.2) is 0 Å². The van der Waals surface area contributed by atoms with E-state index in [1.54, 1.807) is 0 Å². The Morgan fingerprint density at radius 1 is 0.278 bits per heavy atom. The van der Waals surface area contributed by atoms with Crippen LogP contribution in [0, 0.1) is 0 Å². The lowest BCUT2D eigenvalue weighted by Gasteiger charge is -2.45. The number of rotatable bonds is 10. The van der Waals surface area contributed by atoms with Gasteiger partial charge in [-0.05, 0) is 0 Å². The molecule has 0 aliphatic heterocycles. The van der Waals surface area contributed by atoms with E-state index in [2.05, 4.69) is 12.6 Å². The molecule has 0 atom stereocenters. The predicted molar refractivity (Wildman–Crippen MR) is 69.4 cm³/mol. The number of hydrogen-bond donors (Lipinski definition) is 1. The fourth-order valence-corrected chi connectivity index (χ4v) is 2.09. The summed E-state index contributed by atoms with van der Waals surface area (Å²) in [6.07, 6.45) is -8.08. The molecule has 0 aliphatic rings. The van der Waals surface area contributed by atoms with Gasteiger partial charge in [0.2, 0.25) is 0 Å². The summed E-state index contributed by atoms with van der Waals surface area (Å²) in [5, 5.41) is 0. The Morgan fingerprint density at radius 2 is 0.444 bits per heavy atom. The van der Waals surface area contributed by atoms with Gasteiger partial charge < -0.3 is 0 Å². The van der Waals surface area contributed by atoms with E-state index in [0.717, 1.165) is 0 Å². The minimum absolute atomic E-state index is 2.21. The van der Waals surface area contributed by atoms with Gasteiger partial charge in [0.1, 0.15) is 0 Å². The van der Waals surface area contributed by atoms with Crippen molar-refractivity contribution in [2.24, 2.45) is 0 Å². The zero-order valence-corrected chi connectivity index (χ0v) is 16.2. The highest BCUT2D eigenvalue weighted by molar-refractivity contribution is 7.80. The van der Waals surface area contributed by atoms with Crippen LogP contribution in [0.1, 0.15) is 0 Å². The molecule has 0 heterocycles. The highest BCUT2D eigenvalue weighted by Gasteiger charge is 2.98. The molecule has 0 rings (SSSR count). The zero-order chi connectivity index (χ0) is 30.2. The predicted octanol–water partition coefficient (Wildman–Crippen LogP) is 7.83. The van der Waals surface area contributed by atoms with Crippen LogP contribution in [0.15, 0.2) is 0 Å². The molecule has 0 nitrogen and oxygen atoms in total. The molecule has 0 radical (unpaired) electrons. The minimum Gasteiger partial charge on any atom is -0.199 e. The topological polar surface area (TPSA) is 0 Å². The van der Waals surface area contributed by atoms with E-state index in [9.17, 15) is 101 Å². The molecule has 24 heteroatoms. The van der Waals surface area contributed by atoms with Crippen molar-refractivity contribution >= 4 is 12.6 Å². The molecule has 0 unspecified atom stereocenters. The van der Waals surface area contributed by atoms with Gasteiger partial charge in [0.05, 0.1) is 5.75 Å². The van der Waals surface area contributed by atoms with Gasteiger partial charge >= 0.3 is 65.4 Å². The molecule has 0 saturated carbocycles. The maximum Gasteiger partial charge on any atom is 0.460 e. The summed E-state index contributed by atoms with van der Waals surface area (Å²) in [6.45, 7) is 0. The third-order valence-electron chi connectivity index (χ3n) is 4.17. The summed E-state index contributed by atoms with van der Waals surface area (Å²) < 4.78 is 298. The van der Waals surface area contributed by atoms with Gasteiger partial charge in [-0.25, -0.2) is 0 Å². The van der Waals surface area contributed by atoms with E-state index >= 15 is 0 Å². The maximum atomic E-state index is 13.4. The first-order chi connectivity index (χ1) is 15.1. The van der Waals surface area contributed by atoms with Crippen LogP contribution in [-0.2, 0) is 0 Å². The van der Waals surface area contributed by atoms with Gasteiger partial charge in [0.25, 0.3) is 0 Å². The molecule has 0 aromatic carbocycles. The van der Waals surface area contributed by atoms with Crippen LogP contribution >= 0.6 is 12.6 Å². The van der Waals surface area contributed by atoms with Crippen molar-refractivity contribution in [1.29, 1.82) is 0 Å². The Morgan fingerprint density at radius 3 is 0.611 bits per heavy atom. The van der Waals surface area contributed by atoms with E-state index in [1.165, 1.54) is 0 Å². The quantitative estimate of drug-likeness (QED) is 0.188. The average Bonchev–Trinajstić information content (AvgIpc) is 2.65. The summed E-state index contributed by atoms with van der Waals surface area (Å²) in [5.41, 5.74) is 0. The molecule has 0 spiro atoms. The number of hydrogen-bond acceptors (Lipinski definition) is 1. The Balaban J connectivity index is 7.18. The molecule has 0 saturated heterocycles. The van der Waals surface area contributed by atoms with Crippen LogP contribution < -0.4 is 0 Å². The smallest absolute Gasteiger partial charge is 0.199 e. The van der Waals surface area contributed by atoms with Crippen molar-refractivity contribution < 1.29 is 101 Å². The molecule has 0 fully saturated rings. The molecule has 36 heavy (non-hydrogen) atoms. The minimum atomic E-state index is -9.37. The second kappa shape index (κ2) is 8.37. The third kappa shape index (κ3) is 3.92. The maximum absolute atomic E-state index is 13.4. The summed E-state index contributed by atoms with van der Waals surface area (Å²) in [7, 11) is 0. The van der Waals surface area contributed by atoms with Gasteiger partial charge in [0, 0.05) is 0 Å². The van der Waals surface area contributed by atoms with E-state index in [-0.39, 0.29) is 0 Å². The molecule has 0 aliphatic carbocycles. The van der Waals surface area contributed by atoms with E-state index in [0.29, 0.717) is 0 Å². The monoisotopic (exact) mass is 616 g/mol. The van der Waals surface area contributed by atoms with Crippen LogP contribution in [0.25, 0.3) is 0 Å². The molecule has 0 aromatic rings. The van der Waals surface area contributed by atoms with Crippen molar-refractivity contribution in [1.82, 2.24) is 0 Å². The van der Waals surface area contributed by atoms with Crippen LogP contribution in [0.5, 0.6) is 0 Å². The van der Waals surface area contributed by atoms with Crippen LogP contribution in [-0.4, -0.2) is 71.2 Å². The standard InChI is InChI=1S/C12H3F23S/c13-2(14,1-36)3(15,16)4(17,18)5(19,20)6(21,22)7(23,24)8(25,26)9(27,28)10(29,30)11(31,32)12(33,34)35/h36H,1H2. The molecular formula is C12H3F23S. The molecule has 0 amide bonds. The molecule has 0 bridgehead atoms.